The highest BCUT2D eigenvalue weighted by atomic mass is 16.7. The summed E-state index contributed by atoms with van der Waals surface area (Å²) in [5.41, 5.74) is 1.21. The van der Waals surface area contributed by atoms with Gasteiger partial charge in [0.25, 0.3) is 0 Å². The fourth-order valence-corrected chi connectivity index (χ4v) is 2.41. The summed E-state index contributed by atoms with van der Waals surface area (Å²) < 4.78 is 16.2. The zero-order chi connectivity index (χ0) is 16.2. The Labute approximate surface area is 132 Å². The van der Waals surface area contributed by atoms with Crippen LogP contribution >= 0.6 is 0 Å². The van der Waals surface area contributed by atoms with Crippen molar-refractivity contribution in [2.24, 2.45) is 0 Å². The molecule has 2 aromatic rings. The molecule has 0 saturated carbocycles. The van der Waals surface area contributed by atoms with E-state index in [1.165, 1.54) is 0 Å². The topological polar surface area (TPSA) is 85.2 Å². The molecule has 0 spiro atoms. The third kappa shape index (κ3) is 3.22. The van der Waals surface area contributed by atoms with Crippen LogP contribution in [0.15, 0.2) is 42.5 Å². The summed E-state index contributed by atoms with van der Waals surface area (Å²) in [7, 11) is 0. The van der Waals surface area contributed by atoms with Crippen molar-refractivity contribution in [2.75, 3.05) is 13.4 Å². The van der Waals surface area contributed by atoms with Gasteiger partial charge in [-0.1, -0.05) is 24.3 Å². The number of benzene rings is 2. The zero-order valence-corrected chi connectivity index (χ0v) is 12.3. The lowest BCUT2D eigenvalue weighted by molar-refractivity contribution is -0.145. The highest BCUT2D eigenvalue weighted by Gasteiger charge is 2.25. The highest BCUT2D eigenvalue weighted by molar-refractivity contribution is 5.75. The normalized spacial score (nSPS) is 13.6. The maximum absolute atomic E-state index is 11.6. The van der Waals surface area contributed by atoms with Crippen LogP contribution < -0.4 is 14.2 Å². The number of fused-ring (bicyclic) bond motifs is 1. The van der Waals surface area contributed by atoms with Crippen molar-refractivity contribution >= 4 is 5.97 Å². The number of ether oxygens (including phenoxy) is 3. The molecule has 1 atom stereocenters. The number of carboxylic acid groups (broad SMARTS) is 1. The number of aliphatic hydroxyl groups excluding tert-OH is 1. The lowest BCUT2D eigenvalue weighted by Crippen LogP contribution is -2.19. The fourth-order valence-electron chi connectivity index (χ4n) is 2.41. The summed E-state index contributed by atoms with van der Waals surface area (Å²) in [6, 6.07) is 12.0. The first-order valence-electron chi connectivity index (χ1n) is 7.17. The van der Waals surface area contributed by atoms with Crippen molar-refractivity contribution < 1.29 is 29.2 Å². The molecule has 0 aliphatic carbocycles. The number of para-hydroxylation sites is 1. The molecule has 2 aromatic carbocycles. The van der Waals surface area contributed by atoms with Crippen LogP contribution in [0.2, 0.25) is 0 Å². The van der Waals surface area contributed by atoms with Crippen LogP contribution in [0.3, 0.4) is 0 Å². The van der Waals surface area contributed by atoms with Crippen LogP contribution in [-0.2, 0) is 11.2 Å². The molecule has 1 heterocycles. The first-order chi connectivity index (χ1) is 11.2. The number of carboxylic acids is 1. The molecule has 0 amide bonds. The van der Waals surface area contributed by atoms with Crippen LogP contribution in [-0.4, -0.2) is 29.6 Å². The second-order valence-electron chi connectivity index (χ2n) is 5.03. The Hall–Kier alpha value is -2.73. The van der Waals surface area contributed by atoms with Gasteiger partial charge in [0, 0.05) is 12.2 Å². The molecule has 0 fully saturated rings. The van der Waals surface area contributed by atoms with Crippen LogP contribution in [0.25, 0.3) is 0 Å². The third-order valence-electron chi connectivity index (χ3n) is 3.52. The largest absolute Gasteiger partial charge is 0.478 e. The molecular weight excluding hydrogens is 300 g/mol. The van der Waals surface area contributed by atoms with E-state index in [2.05, 4.69) is 0 Å². The van der Waals surface area contributed by atoms with E-state index in [-0.39, 0.29) is 13.4 Å². The summed E-state index contributed by atoms with van der Waals surface area (Å²) in [6.07, 6.45) is -0.784. The second-order valence-corrected chi connectivity index (χ2v) is 5.03. The van der Waals surface area contributed by atoms with E-state index in [1.54, 1.807) is 36.4 Å². The van der Waals surface area contributed by atoms with Crippen molar-refractivity contribution in [3.63, 3.8) is 0 Å². The second kappa shape index (κ2) is 6.58. The van der Waals surface area contributed by atoms with Crippen molar-refractivity contribution in [3.05, 3.63) is 53.6 Å². The molecule has 1 aliphatic rings. The zero-order valence-electron chi connectivity index (χ0n) is 12.3. The number of aliphatic hydroxyl groups is 1. The molecule has 0 saturated heterocycles. The minimum Gasteiger partial charge on any atom is -0.478 e. The molecule has 120 valence electrons. The maximum Gasteiger partial charge on any atom is 0.349 e. The van der Waals surface area contributed by atoms with Gasteiger partial charge in [-0.3, -0.25) is 0 Å². The van der Waals surface area contributed by atoms with Crippen molar-refractivity contribution in [1.29, 1.82) is 0 Å². The summed E-state index contributed by atoms with van der Waals surface area (Å²) >= 11 is 0. The van der Waals surface area contributed by atoms with Crippen LogP contribution in [0.4, 0.5) is 0 Å². The Balaban J connectivity index is 1.90. The third-order valence-corrected chi connectivity index (χ3v) is 3.52. The van der Waals surface area contributed by atoms with E-state index in [9.17, 15) is 9.90 Å². The van der Waals surface area contributed by atoms with Crippen molar-refractivity contribution in [3.8, 4) is 17.2 Å². The van der Waals surface area contributed by atoms with Crippen molar-refractivity contribution in [1.82, 2.24) is 0 Å². The van der Waals surface area contributed by atoms with Gasteiger partial charge in [0.05, 0.1) is 0 Å². The number of hydrogen-bond acceptors (Lipinski definition) is 5. The van der Waals surface area contributed by atoms with E-state index >= 15 is 0 Å². The van der Waals surface area contributed by atoms with E-state index < -0.39 is 12.1 Å². The molecule has 3 rings (SSSR count). The van der Waals surface area contributed by atoms with Gasteiger partial charge in [0.1, 0.15) is 5.75 Å². The Kier molecular flexibility index (Phi) is 4.34. The molecule has 1 aliphatic heterocycles. The number of hydrogen-bond donors (Lipinski definition) is 2. The quantitative estimate of drug-likeness (QED) is 0.849. The van der Waals surface area contributed by atoms with E-state index in [4.69, 9.17) is 19.3 Å². The molecular formula is C17H16O6. The lowest BCUT2D eigenvalue weighted by atomic mass is 10.1. The summed E-state index contributed by atoms with van der Waals surface area (Å²) in [6.45, 7) is 0.0822. The van der Waals surface area contributed by atoms with Gasteiger partial charge in [-0.25, -0.2) is 4.79 Å². The highest BCUT2D eigenvalue weighted by Crippen LogP contribution is 2.35. The average Bonchev–Trinajstić information content (AvgIpc) is 3.01. The Morgan fingerprint density at radius 3 is 2.74 bits per heavy atom. The summed E-state index contributed by atoms with van der Waals surface area (Å²) in [5.74, 6) is 0.411. The Morgan fingerprint density at radius 1 is 1.17 bits per heavy atom. The van der Waals surface area contributed by atoms with Gasteiger partial charge < -0.3 is 24.4 Å². The SMILES string of the molecule is O=C(O)C(Oc1ccccc1CCO)c1ccc2c(c1)OCO2. The fraction of sp³-hybridized carbons (Fsp3) is 0.235. The average molecular weight is 316 g/mol. The standard InChI is InChI=1S/C17H16O6/c18-8-7-11-3-1-2-4-13(11)23-16(17(19)20)12-5-6-14-15(9-12)22-10-21-14/h1-6,9,16,18H,7-8,10H2,(H,19,20). The predicted octanol–water partition coefficient (Wildman–Crippen LogP) is 2.15. The van der Waals surface area contributed by atoms with Gasteiger partial charge in [-0.2, -0.15) is 0 Å². The summed E-state index contributed by atoms with van der Waals surface area (Å²) in [5, 5.41) is 18.6. The van der Waals surface area contributed by atoms with E-state index in [0.29, 0.717) is 29.2 Å². The minimum atomic E-state index is -1.18. The van der Waals surface area contributed by atoms with Crippen LogP contribution in [0, 0.1) is 0 Å². The number of rotatable bonds is 6. The molecule has 0 aromatic heterocycles. The smallest absolute Gasteiger partial charge is 0.349 e. The maximum atomic E-state index is 11.6. The molecule has 23 heavy (non-hydrogen) atoms. The molecule has 1 unspecified atom stereocenters. The monoisotopic (exact) mass is 316 g/mol. The van der Waals surface area contributed by atoms with Crippen LogP contribution in [0.5, 0.6) is 17.2 Å². The van der Waals surface area contributed by atoms with Gasteiger partial charge in [0.15, 0.2) is 11.5 Å². The minimum absolute atomic E-state index is 0.0395. The molecule has 6 nitrogen and oxygen atoms in total. The number of carbonyl (C=O) groups is 1. The van der Waals surface area contributed by atoms with E-state index in [1.807, 2.05) is 6.07 Å². The summed E-state index contributed by atoms with van der Waals surface area (Å²) in [4.78, 5) is 11.6. The van der Waals surface area contributed by atoms with Gasteiger partial charge in [0.2, 0.25) is 12.9 Å². The van der Waals surface area contributed by atoms with Crippen molar-refractivity contribution in [2.45, 2.75) is 12.5 Å². The molecule has 2 N–H and O–H groups in total. The Morgan fingerprint density at radius 2 is 1.96 bits per heavy atom. The number of aliphatic carboxylic acids is 1. The van der Waals surface area contributed by atoms with Gasteiger partial charge in [-0.15, -0.1) is 0 Å². The first kappa shape index (κ1) is 15.2. The first-order valence-corrected chi connectivity index (χ1v) is 7.17. The van der Waals surface area contributed by atoms with Gasteiger partial charge in [-0.05, 0) is 30.2 Å². The van der Waals surface area contributed by atoms with E-state index in [0.717, 1.165) is 5.56 Å². The Bertz CT molecular complexity index is 712. The molecule has 6 heteroatoms. The molecule has 0 radical (unpaired) electrons. The molecule has 0 bridgehead atoms. The van der Waals surface area contributed by atoms with Gasteiger partial charge >= 0.3 is 5.97 Å². The lowest BCUT2D eigenvalue weighted by Gasteiger charge is -2.18. The van der Waals surface area contributed by atoms with Crippen LogP contribution in [0.1, 0.15) is 17.2 Å². The predicted molar refractivity (Wildman–Crippen MR) is 80.8 cm³/mol.